The SMILES string of the molecule is COc1ccc(Cl)cc1Nc1ncnc2ccc(N)cc12. The number of anilines is 3. The van der Waals surface area contributed by atoms with Crippen LogP contribution >= 0.6 is 11.6 Å². The van der Waals surface area contributed by atoms with E-state index in [0.29, 0.717) is 22.3 Å². The third-order valence-corrected chi connectivity index (χ3v) is 3.31. The number of nitrogens with one attached hydrogen (secondary N) is 1. The van der Waals surface area contributed by atoms with Crippen molar-refractivity contribution in [1.29, 1.82) is 0 Å². The van der Waals surface area contributed by atoms with Crippen LogP contribution in [0.2, 0.25) is 5.02 Å². The van der Waals surface area contributed by atoms with Gasteiger partial charge in [0.25, 0.3) is 0 Å². The van der Waals surface area contributed by atoms with Gasteiger partial charge in [0.15, 0.2) is 0 Å². The molecule has 0 saturated carbocycles. The number of hydrogen-bond acceptors (Lipinski definition) is 5. The van der Waals surface area contributed by atoms with Crippen molar-refractivity contribution < 1.29 is 4.74 Å². The normalized spacial score (nSPS) is 10.6. The van der Waals surface area contributed by atoms with E-state index in [1.807, 2.05) is 12.1 Å². The Morgan fingerprint density at radius 3 is 2.81 bits per heavy atom. The van der Waals surface area contributed by atoms with Gasteiger partial charge in [0.2, 0.25) is 0 Å². The van der Waals surface area contributed by atoms with Crippen LogP contribution in [0.15, 0.2) is 42.7 Å². The highest BCUT2D eigenvalue weighted by atomic mass is 35.5. The molecule has 0 saturated heterocycles. The lowest BCUT2D eigenvalue weighted by Crippen LogP contribution is -1.99. The Labute approximate surface area is 126 Å². The second-order valence-electron chi connectivity index (χ2n) is 4.47. The molecule has 0 spiro atoms. The van der Waals surface area contributed by atoms with E-state index < -0.39 is 0 Å². The van der Waals surface area contributed by atoms with Crippen LogP contribution in [-0.2, 0) is 0 Å². The summed E-state index contributed by atoms with van der Waals surface area (Å²) in [5.74, 6) is 1.32. The summed E-state index contributed by atoms with van der Waals surface area (Å²) >= 11 is 6.04. The van der Waals surface area contributed by atoms with Crippen LogP contribution in [0.1, 0.15) is 0 Å². The first-order valence-corrected chi connectivity index (χ1v) is 6.66. The maximum Gasteiger partial charge on any atom is 0.142 e. The van der Waals surface area contributed by atoms with Crippen molar-refractivity contribution in [1.82, 2.24) is 9.97 Å². The summed E-state index contributed by atoms with van der Waals surface area (Å²) in [6, 6.07) is 10.8. The lowest BCUT2D eigenvalue weighted by molar-refractivity contribution is 0.417. The molecule has 106 valence electrons. The highest BCUT2D eigenvalue weighted by Gasteiger charge is 2.08. The number of rotatable bonds is 3. The smallest absolute Gasteiger partial charge is 0.142 e. The van der Waals surface area contributed by atoms with Gasteiger partial charge in [0.1, 0.15) is 17.9 Å². The van der Waals surface area contributed by atoms with E-state index in [1.54, 1.807) is 31.4 Å². The van der Waals surface area contributed by atoms with Gasteiger partial charge in [-0.3, -0.25) is 0 Å². The third-order valence-electron chi connectivity index (χ3n) is 3.07. The first-order chi connectivity index (χ1) is 10.2. The Kier molecular flexibility index (Phi) is 3.50. The molecule has 0 bridgehead atoms. The molecule has 0 fully saturated rings. The third kappa shape index (κ3) is 2.68. The number of benzene rings is 2. The highest BCUT2D eigenvalue weighted by Crippen LogP contribution is 2.32. The minimum atomic E-state index is 0.608. The number of ether oxygens (including phenoxy) is 1. The van der Waals surface area contributed by atoms with Crippen molar-refractivity contribution in [2.24, 2.45) is 0 Å². The van der Waals surface area contributed by atoms with Crippen molar-refractivity contribution in [3.8, 4) is 5.75 Å². The molecule has 2 aromatic carbocycles. The number of nitrogens with zero attached hydrogens (tertiary/aromatic N) is 2. The number of aromatic nitrogens is 2. The van der Waals surface area contributed by atoms with Crippen molar-refractivity contribution in [3.63, 3.8) is 0 Å². The van der Waals surface area contributed by atoms with E-state index in [4.69, 9.17) is 22.1 Å². The van der Waals surface area contributed by atoms with E-state index in [1.165, 1.54) is 6.33 Å². The Balaban J connectivity index is 2.10. The average molecular weight is 301 g/mol. The number of fused-ring (bicyclic) bond motifs is 1. The molecule has 21 heavy (non-hydrogen) atoms. The maximum absolute atomic E-state index is 6.04. The fraction of sp³-hybridized carbons (Fsp3) is 0.0667. The lowest BCUT2D eigenvalue weighted by atomic mass is 10.2. The Morgan fingerprint density at radius 2 is 2.00 bits per heavy atom. The van der Waals surface area contributed by atoms with Gasteiger partial charge in [-0.25, -0.2) is 9.97 Å². The molecule has 5 nitrogen and oxygen atoms in total. The van der Waals surface area contributed by atoms with Gasteiger partial charge in [-0.1, -0.05) is 11.6 Å². The monoisotopic (exact) mass is 300 g/mol. The molecule has 0 aliphatic heterocycles. The van der Waals surface area contributed by atoms with Crippen LogP contribution in [0.4, 0.5) is 17.2 Å². The van der Waals surface area contributed by atoms with E-state index in [-0.39, 0.29) is 0 Å². The topological polar surface area (TPSA) is 73.1 Å². The fourth-order valence-corrected chi connectivity index (χ4v) is 2.25. The zero-order valence-corrected chi connectivity index (χ0v) is 12.1. The zero-order valence-electron chi connectivity index (χ0n) is 11.3. The fourth-order valence-electron chi connectivity index (χ4n) is 2.08. The molecule has 0 radical (unpaired) electrons. The van der Waals surface area contributed by atoms with Gasteiger partial charge in [-0.15, -0.1) is 0 Å². The molecule has 6 heteroatoms. The average Bonchev–Trinajstić information content (AvgIpc) is 2.48. The molecule has 0 aliphatic carbocycles. The summed E-state index contributed by atoms with van der Waals surface area (Å²) in [7, 11) is 1.60. The molecule has 1 heterocycles. The van der Waals surface area contributed by atoms with Crippen LogP contribution in [0.5, 0.6) is 5.75 Å². The Bertz CT molecular complexity index is 807. The molecular weight excluding hydrogens is 288 g/mol. The highest BCUT2D eigenvalue weighted by molar-refractivity contribution is 6.31. The Morgan fingerprint density at radius 1 is 1.14 bits per heavy atom. The minimum Gasteiger partial charge on any atom is -0.495 e. The summed E-state index contributed by atoms with van der Waals surface area (Å²) < 4.78 is 5.32. The van der Waals surface area contributed by atoms with Crippen LogP contribution < -0.4 is 15.8 Å². The number of nitrogens with two attached hydrogens (primary N) is 1. The predicted molar refractivity (Wildman–Crippen MR) is 85.2 cm³/mol. The summed E-state index contributed by atoms with van der Waals surface area (Å²) in [6.07, 6.45) is 1.50. The molecule has 0 atom stereocenters. The predicted octanol–water partition coefficient (Wildman–Crippen LogP) is 3.62. The molecule has 3 N–H and O–H groups in total. The maximum atomic E-state index is 6.04. The number of halogens is 1. The van der Waals surface area contributed by atoms with Crippen LogP contribution in [0.3, 0.4) is 0 Å². The molecule has 1 aromatic heterocycles. The van der Waals surface area contributed by atoms with Crippen LogP contribution in [0, 0.1) is 0 Å². The van der Waals surface area contributed by atoms with E-state index in [9.17, 15) is 0 Å². The van der Waals surface area contributed by atoms with Crippen molar-refractivity contribution in [3.05, 3.63) is 47.7 Å². The summed E-state index contributed by atoms with van der Waals surface area (Å²) in [5.41, 5.74) is 8.03. The minimum absolute atomic E-state index is 0.608. The quantitative estimate of drug-likeness (QED) is 0.723. The number of hydrogen-bond donors (Lipinski definition) is 2. The van der Waals surface area contributed by atoms with E-state index >= 15 is 0 Å². The first-order valence-electron chi connectivity index (χ1n) is 6.28. The van der Waals surface area contributed by atoms with Gasteiger partial charge in [-0.05, 0) is 36.4 Å². The van der Waals surface area contributed by atoms with Gasteiger partial charge >= 0.3 is 0 Å². The summed E-state index contributed by atoms with van der Waals surface area (Å²) in [4.78, 5) is 8.49. The molecule has 0 aliphatic rings. The number of methoxy groups -OCH3 is 1. The van der Waals surface area contributed by atoms with Gasteiger partial charge in [0, 0.05) is 16.1 Å². The number of nitrogen functional groups attached to an aromatic ring is 1. The molecule has 3 aromatic rings. The van der Waals surface area contributed by atoms with Gasteiger partial charge < -0.3 is 15.8 Å². The van der Waals surface area contributed by atoms with Gasteiger partial charge in [0.05, 0.1) is 18.3 Å². The van der Waals surface area contributed by atoms with E-state index in [0.717, 1.165) is 16.6 Å². The Hall–Kier alpha value is -2.53. The van der Waals surface area contributed by atoms with Crippen LogP contribution in [-0.4, -0.2) is 17.1 Å². The lowest BCUT2D eigenvalue weighted by Gasteiger charge is -2.12. The molecular formula is C15H13ClN4O. The van der Waals surface area contributed by atoms with Crippen molar-refractivity contribution in [2.75, 3.05) is 18.2 Å². The van der Waals surface area contributed by atoms with Crippen LogP contribution in [0.25, 0.3) is 10.9 Å². The molecule has 0 unspecified atom stereocenters. The van der Waals surface area contributed by atoms with E-state index in [2.05, 4.69) is 15.3 Å². The largest absolute Gasteiger partial charge is 0.495 e. The molecule has 0 amide bonds. The standard InChI is InChI=1S/C15H13ClN4O/c1-21-14-5-2-9(16)6-13(14)20-15-11-7-10(17)3-4-12(11)18-8-19-15/h2-8H,17H2,1H3,(H,18,19,20). The first kappa shape index (κ1) is 13.5. The molecule has 3 rings (SSSR count). The zero-order chi connectivity index (χ0) is 14.8. The van der Waals surface area contributed by atoms with Crippen molar-refractivity contribution >= 4 is 39.7 Å². The summed E-state index contributed by atoms with van der Waals surface area (Å²) in [6.45, 7) is 0. The van der Waals surface area contributed by atoms with Gasteiger partial charge in [-0.2, -0.15) is 0 Å². The second-order valence-corrected chi connectivity index (χ2v) is 4.90. The summed E-state index contributed by atoms with van der Waals surface area (Å²) in [5, 5.41) is 4.66. The van der Waals surface area contributed by atoms with Crippen molar-refractivity contribution in [2.45, 2.75) is 0 Å². The second kappa shape index (κ2) is 5.46.